The number of hydrogen-bond acceptors (Lipinski definition) is 3. The summed E-state index contributed by atoms with van der Waals surface area (Å²) in [4.78, 5) is 16.0. The number of carbonyl (C=O) groups excluding carboxylic acids is 1. The van der Waals surface area contributed by atoms with Gasteiger partial charge < -0.3 is 15.1 Å². The molecule has 0 saturated carbocycles. The molecule has 4 heteroatoms. The average Bonchev–Trinajstić information content (AvgIpc) is 2.22. The van der Waals surface area contributed by atoms with Gasteiger partial charge in [0.15, 0.2) is 0 Å². The Labute approximate surface area is 92.6 Å². The largest absolute Gasteiger partial charge is 0.335 e. The third kappa shape index (κ3) is 3.47. The maximum absolute atomic E-state index is 11.9. The van der Waals surface area contributed by atoms with Gasteiger partial charge in [-0.15, -0.1) is 0 Å². The minimum absolute atomic E-state index is 0.0659. The lowest BCUT2D eigenvalue weighted by Crippen LogP contribution is -2.52. The van der Waals surface area contributed by atoms with Crippen LogP contribution in [0.5, 0.6) is 0 Å². The van der Waals surface area contributed by atoms with E-state index in [1.807, 2.05) is 19.0 Å². The normalized spacial score (nSPS) is 21.9. The van der Waals surface area contributed by atoms with Gasteiger partial charge in [0.1, 0.15) is 0 Å². The van der Waals surface area contributed by atoms with Crippen LogP contribution in [0.3, 0.4) is 0 Å². The molecule has 0 atom stereocenters. The minimum Gasteiger partial charge on any atom is -0.335 e. The predicted molar refractivity (Wildman–Crippen MR) is 61.8 cm³/mol. The number of likely N-dealkylation sites (N-methyl/N-ethyl adjacent to an activating group) is 1. The van der Waals surface area contributed by atoms with Gasteiger partial charge in [-0.2, -0.15) is 0 Å². The van der Waals surface area contributed by atoms with Crippen LogP contribution in [0.4, 0.5) is 0 Å². The smallest absolute Gasteiger partial charge is 0.224 e. The first-order valence-electron chi connectivity index (χ1n) is 5.59. The van der Waals surface area contributed by atoms with Gasteiger partial charge in [-0.25, -0.2) is 0 Å². The van der Waals surface area contributed by atoms with E-state index in [9.17, 15) is 4.79 Å². The molecule has 0 spiro atoms. The number of hydrogen-bond donors (Lipinski definition) is 1. The van der Waals surface area contributed by atoms with Crippen molar-refractivity contribution in [2.24, 2.45) is 0 Å². The Bertz CT molecular complexity index is 226. The van der Waals surface area contributed by atoms with Crippen LogP contribution in [-0.2, 0) is 4.79 Å². The number of nitrogens with zero attached hydrogens (tertiary/aromatic N) is 2. The van der Waals surface area contributed by atoms with Gasteiger partial charge in [-0.1, -0.05) is 0 Å². The molecular weight excluding hydrogens is 190 g/mol. The first kappa shape index (κ1) is 12.5. The van der Waals surface area contributed by atoms with Crippen LogP contribution >= 0.6 is 0 Å². The molecule has 4 nitrogen and oxygen atoms in total. The van der Waals surface area contributed by atoms with Crippen molar-refractivity contribution in [3.05, 3.63) is 0 Å². The summed E-state index contributed by atoms with van der Waals surface area (Å²) in [6.07, 6.45) is 0.622. The highest BCUT2D eigenvalue weighted by Gasteiger charge is 2.32. The molecule has 88 valence electrons. The highest BCUT2D eigenvalue weighted by molar-refractivity contribution is 5.77. The lowest BCUT2D eigenvalue weighted by atomic mass is 10.0. The summed E-state index contributed by atoms with van der Waals surface area (Å²) in [5.41, 5.74) is -0.0659. The molecule has 0 unspecified atom stereocenters. The van der Waals surface area contributed by atoms with Crippen molar-refractivity contribution in [3.8, 4) is 0 Å². The Morgan fingerprint density at radius 1 is 1.47 bits per heavy atom. The lowest BCUT2D eigenvalue weighted by molar-refractivity contribution is -0.135. The second-order valence-corrected chi connectivity index (χ2v) is 5.09. The molecule has 1 aliphatic rings. The zero-order chi connectivity index (χ0) is 11.5. The van der Waals surface area contributed by atoms with Crippen molar-refractivity contribution in [1.29, 1.82) is 0 Å². The molecule has 1 aliphatic heterocycles. The van der Waals surface area contributed by atoms with E-state index in [-0.39, 0.29) is 11.4 Å². The van der Waals surface area contributed by atoms with Crippen LogP contribution in [0, 0.1) is 0 Å². The van der Waals surface area contributed by atoms with E-state index in [2.05, 4.69) is 24.1 Å². The van der Waals surface area contributed by atoms with Crippen molar-refractivity contribution in [1.82, 2.24) is 15.1 Å². The molecule has 0 aromatic rings. The van der Waals surface area contributed by atoms with Crippen LogP contribution < -0.4 is 5.32 Å². The van der Waals surface area contributed by atoms with Crippen molar-refractivity contribution < 1.29 is 4.79 Å². The van der Waals surface area contributed by atoms with Crippen molar-refractivity contribution in [2.75, 3.05) is 40.3 Å². The summed E-state index contributed by atoms with van der Waals surface area (Å²) in [5, 5.41) is 3.31. The number of amides is 1. The van der Waals surface area contributed by atoms with Gasteiger partial charge in [0.2, 0.25) is 5.91 Å². The van der Waals surface area contributed by atoms with Gasteiger partial charge in [0.25, 0.3) is 0 Å². The van der Waals surface area contributed by atoms with Gasteiger partial charge in [-0.05, 0) is 27.9 Å². The molecule has 1 saturated heterocycles. The third-order valence-corrected chi connectivity index (χ3v) is 2.88. The van der Waals surface area contributed by atoms with E-state index >= 15 is 0 Å². The van der Waals surface area contributed by atoms with Crippen LogP contribution in [0.2, 0.25) is 0 Å². The van der Waals surface area contributed by atoms with Gasteiger partial charge in [0, 0.05) is 38.1 Å². The molecule has 1 fully saturated rings. The summed E-state index contributed by atoms with van der Waals surface area (Å²) in [6, 6.07) is 0. The Morgan fingerprint density at radius 3 is 2.73 bits per heavy atom. The maximum atomic E-state index is 11.9. The summed E-state index contributed by atoms with van der Waals surface area (Å²) >= 11 is 0. The summed E-state index contributed by atoms with van der Waals surface area (Å²) in [6.45, 7) is 7.68. The highest BCUT2D eigenvalue weighted by Crippen LogP contribution is 2.16. The first-order chi connectivity index (χ1) is 6.93. The fourth-order valence-electron chi connectivity index (χ4n) is 1.88. The van der Waals surface area contributed by atoms with E-state index in [1.165, 1.54) is 0 Å². The molecule has 0 aliphatic carbocycles. The molecule has 15 heavy (non-hydrogen) atoms. The summed E-state index contributed by atoms with van der Waals surface area (Å²) in [7, 11) is 4.07. The summed E-state index contributed by atoms with van der Waals surface area (Å²) < 4.78 is 0. The standard InChI is InChI=1S/C11H23N3O/c1-11(2)9-12-6-5-10(15)14(11)8-7-13(3)4/h12H,5-9H2,1-4H3. The monoisotopic (exact) mass is 213 g/mol. The minimum atomic E-state index is -0.0659. The van der Waals surface area contributed by atoms with E-state index in [0.29, 0.717) is 6.42 Å². The summed E-state index contributed by atoms with van der Waals surface area (Å²) in [5.74, 6) is 0.270. The average molecular weight is 213 g/mol. The molecular formula is C11H23N3O. The van der Waals surface area contributed by atoms with E-state index in [1.54, 1.807) is 0 Å². The fraction of sp³-hybridized carbons (Fsp3) is 0.909. The molecule has 0 bridgehead atoms. The van der Waals surface area contributed by atoms with Crippen molar-refractivity contribution >= 4 is 5.91 Å². The first-order valence-corrected chi connectivity index (χ1v) is 5.59. The molecule has 0 aromatic heterocycles. The number of rotatable bonds is 3. The Hall–Kier alpha value is -0.610. The molecule has 1 N–H and O–H groups in total. The molecule has 1 rings (SSSR count). The molecule has 0 aromatic carbocycles. The van der Waals surface area contributed by atoms with Crippen LogP contribution in [0.15, 0.2) is 0 Å². The topological polar surface area (TPSA) is 35.6 Å². The SMILES string of the molecule is CN(C)CCN1C(=O)CCNCC1(C)C. The lowest BCUT2D eigenvalue weighted by Gasteiger charge is -2.37. The second kappa shape index (κ2) is 4.94. The van der Waals surface area contributed by atoms with Crippen LogP contribution in [-0.4, -0.2) is 61.5 Å². The highest BCUT2D eigenvalue weighted by atomic mass is 16.2. The Kier molecular flexibility index (Phi) is 4.11. The van der Waals surface area contributed by atoms with Gasteiger partial charge in [0.05, 0.1) is 0 Å². The quantitative estimate of drug-likeness (QED) is 0.725. The van der Waals surface area contributed by atoms with Gasteiger partial charge in [-0.3, -0.25) is 4.79 Å². The second-order valence-electron chi connectivity index (χ2n) is 5.09. The van der Waals surface area contributed by atoms with Gasteiger partial charge >= 0.3 is 0 Å². The zero-order valence-corrected chi connectivity index (χ0v) is 10.3. The number of carbonyl (C=O) groups is 1. The maximum Gasteiger partial charge on any atom is 0.224 e. The Balaban J connectivity index is 2.65. The molecule has 1 amide bonds. The van der Waals surface area contributed by atoms with Crippen LogP contribution in [0.25, 0.3) is 0 Å². The third-order valence-electron chi connectivity index (χ3n) is 2.88. The number of nitrogens with one attached hydrogen (secondary N) is 1. The predicted octanol–water partition coefficient (Wildman–Crippen LogP) is 0.149. The molecule has 0 radical (unpaired) electrons. The zero-order valence-electron chi connectivity index (χ0n) is 10.3. The van der Waals surface area contributed by atoms with Crippen LogP contribution in [0.1, 0.15) is 20.3 Å². The van der Waals surface area contributed by atoms with Crippen molar-refractivity contribution in [3.63, 3.8) is 0 Å². The Morgan fingerprint density at radius 2 is 2.13 bits per heavy atom. The van der Waals surface area contributed by atoms with E-state index in [4.69, 9.17) is 0 Å². The molecule has 1 heterocycles. The fourth-order valence-corrected chi connectivity index (χ4v) is 1.88. The van der Waals surface area contributed by atoms with E-state index < -0.39 is 0 Å². The van der Waals surface area contributed by atoms with Crippen molar-refractivity contribution in [2.45, 2.75) is 25.8 Å². The van der Waals surface area contributed by atoms with E-state index in [0.717, 1.165) is 26.2 Å².